The molecule has 2 aliphatic rings. The number of nitrogens with two attached hydrogens (primary N) is 1. The van der Waals surface area contributed by atoms with Gasteiger partial charge >= 0.3 is 6.03 Å². The van der Waals surface area contributed by atoms with E-state index in [9.17, 15) is 9.00 Å². The zero-order chi connectivity index (χ0) is 21.5. The summed E-state index contributed by atoms with van der Waals surface area (Å²) in [6.07, 6.45) is 4.84. The smallest absolute Gasteiger partial charge is 0.307 e. The van der Waals surface area contributed by atoms with E-state index >= 15 is 0 Å². The molecule has 0 fully saturated rings. The maximum atomic E-state index is 13.1. The van der Waals surface area contributed by atoms with Gasteiger partial charge in [0.15, 0.2) is 0 Å². The molecule has 8 heteroatoms. The van der Waals surface area contributed by atoms with Crippen molar-refractivity contribution in [3.63, 3.8) is 0 Å². The number of hydrogen-bond donors (Lipinski definition) is 4. The number of aromatic nitrogens is 1. The molecule has 0 saturated carbocycles. The summed E-state index contributed by atoms with van der Waals surface area (Å²) in [6.45, 7) is 2.96. The first-order valence-electron chi connectivity index (χ1n) is 10.5. The molecule has 0 radical (unpaired) electrons. The minimum atomic E-state index is -3.54. The van der Waals surface area contributed by atoms with Crippen LogP contribution in [0.1, 0.15) is 53.8 Å². The number of carbonyl (C=O) groups is 1. The van der Waals surface area contributed by atoms with Crippen LogP contribution in [-0.2, 0) is 36.1 Å². The first kappa shape index (κ1) is 21.0. The minimum Gasteiger partial charge on any atom is -0.307 e. The largest absolute Gasteiger partial charge is 0.330 e. The van der Waals surface area contributed by atoms with Gasteiger partial charge in [-0.2, -0.15) is 0 Å². The number of pyridine rings is 1. The van der Waals surface area contributed by atoms with E-state index in [1.807, 2.05) is 26.2 Å². The van der Waals surface area contributed by atoms with E-state index in [2.05, 4.69) is 21.9 Å². The average Bonchev–Trinajstić information content (AvgIpc) is 3.28. The number of amides is 2. The number of aryl methyl sites for hydroxylation is 1. The number of nitrogens with zero attached hydrogens (tertiary/aromatic N) is 2. The Labute approximate surface area is 179 Å². The predicted molar refractivity (Wildman–Crippen MR) is 121 cm³/mol. The van der Waals surface area contributed by atoms with Crippen LogP contribution in [0.3, 0.4) is 0 Å². The molecule has 1 aromatic carbocycles. The quantitative estimate of drug-likeness (QED) is 0.549. The van der Waals surface area contributed by atoms with Crippen molar-refractivity contribution in [3.05, 3.63) is 52.3 Å². The number of anilines is 1. The van der Waals surface area contributed by atoms with Crippen molar-refractivity contribution in [2.24, 2.45) is 5.14 Å². The normalized spacial score (nSPS) is 18.2. The van der Waals surface area contributed by atoms with Crippen LogP contribution in [0.5, 0.6) is 0 Å². The Morgan fingerprint density at radius 1 is 1.20 bits per heavy atom. The van der Waals surface area contributed by atoms with E-state index in [4.69, 9.17) is 10.1 Å². The Morgan fingerprint density at radius 3 is 2.63 bits per heavy atom. The molecule has 4 N–H and O–H groups in total. The average molecular weight is 430 g/mol. The van der Waals surface area contributed by atoms with Crippen LogP contribution in [0.4, 0.5) is 10.5 Å². The van der Waals surface area contributed by atoms with Gasteiger partial charge in [-0.15, -0.1) is 0 Å². The number of benzene rings is 1. The summed E-state index contributed by atoms with van der Waals surface area (Å²) in [5.41, 5.74) is 6.38. The van der Waals surface area contributed by atoms with Crippen molar-refractivity contribution >= 4 is 22.0 Å². The van der Waals surface area contributed by atoms with Crippen LogP contribution in [0.25, 0.3) is 0 Å². The lowest BCUT2D eigenvalue weighted by atomic mass is 10.0. The van der Waals surface area contributed by atoms with E-state index in [1.165, 1.54) is 0 Å². The van der Waals surface area contributed by atoms with Crippen molar-refractivity contribution in [3.8, 4) is 0 Å². The van der Waals surface area contributed by atoms with Crippen LogP contribution in [0, 0.1) is 0 Å². The molecule has 30 heavy (non-hydrogen) atoms. The molecule has 0 aliphatic heterocycles. The topological polar surface area (TPSA) is 100 Å². The van der Waals surface area contributed by atoms with Crippen molar-refractivity contribution in [1.82, 2.24) is 14.6 Å². The fourth-order valence-corrected chi connectivity index (χ4v) is 5.58. The zero-order valence-electron chi connectivity index (χ0n) is 17.9. The lowest BCUT2D eigenvalue weighted by Crippen LogP contribution is -2.45. The van der Waals surface area contributed by atoms with Gasteiger partial charge < -0.3 is 10.2 Å². The van der Waals surface area contributed by atoms with Crippen molar-refractivity contribution < 1.29 is 9.00 Å². The lowest BCUT2D eigenvalue weighted by molar-refractivity contribution is 0.256. The first-order valence-corrected chi connectivity index (χ1v) is 12.3. The zero-order valence-corrected chi connectivity index (χ0v) is 18.8. The maximum absolute atomic E-state index is 13.1. The van der Waals surface area contributed by atoms with Gasteiger partial charge in [-0.25, -0.2) is 9.00 Å². The number of nitrogens with one attached hydrogen (secondary N) is 2. The molecule has 1 heterocycles. The summed E-state index contributed by atoms with van der Waals surface area (Å²) >= 11 is 0. The number of urea groups is 1. The summed E-state index contributed by atoms with van der Waals surface area (Å²) in [5.74, 6) is 0.399. The molecule has 162 valence electrons. The van der Waals surface area contributed by atoms with Crippen LogP contribution < -0.4 is 15.2 Å². The third kappa shape index (κ3) is 4.12. The Balaban J connectivity index is 1.53. The molecule has 4 rings (SSSR count). The Morgan fingerprint density at radius 2 is 1.93 bits per heavy atom. The molecule has 1 unspecified atom stereocenters. The fourth-order valence-electron chi connectivity index (χ4n) is 4.50. The van der Waals surface area contributed by atoms with Gasteiger partial charge in [0, 0.05) is 33.1 Å². The predicted octanol–water partition coefficient (Wildman–Crippen LogP) is 2.67. The number of rotatable bonds is 5. The highest BCUT2D eigenvalue weighted by molar-refractivity contribution is 7.99. The lowest BCUT2D eigenvalue weighted by Gasteiger charge is -2.23. The Hall–Kier alpha value is -2.29. The number of thiol groups is 1. The van der Waals surface area contributed by atoms with E-state index < -0.39 is 16.3 Å². The molecular formula is C22H31N5O2S. The number of hydrogen-bond acceptors (Lipinski definition) is 4. The van der Waals surface area contributed by atoms with Crippen molar-refractivity contribution in [2.75, 3.05) is 19.4 Å². The van der Waals surface area contributed by atoms with E-state index in [1.54, 1.807) is 12.1 Å². The second kappa shape index (κ2) is 8.09. The van der Waals surface area contributed by atoms with Gasteiger partial charge in [-0.1, -0.05) is 19.1 Å². The number of fused-ring (bicyclic) bond motifs is 2. The molecule has 0 spiro atoms. The maximum Gasteiger partial charge on any atom is 0.330 e. The molecule has 0 bridgehead atoms. The van der Waals surface area contributed by atoms with Crippen LogP contribution >= 0.6 is 0 Å². The van der Waals surface area contributed by atoms with Gasteiger partial charge in [0.1, 0.15) is 0 Å². The van der Waals surface area contributed by atoms with Crippen molar-refractivity contribution in [2.45, 2.75) is 56.4 Å². The second-order valence-electron chi connectivity index (χ2n) is 8.70. The SMILES string of the molecule is CC1CCc2c1nc1c(c2NC(=O)N[SH](N)(=O)c2ccc(CN(C)C)cc2)CCC1. The van der Waals surface area contributed by atoms with Gasteiger partial charge in [-0.05, 0) is 80.9 Å². The van der Waals surface area contributed by atoms with Gasteiger partial charge in [0.05, 0.1) is 5.69 Å². The Kier molecular flexibility index (Phi) is 5.65. The first-order chi connectivity index (χ1) is 14.2. The Bertz CT molecular complexity index is 1020. The monoisotopic (exact) mass is 429 g/mol. The third-order valence-electron chi connectivity index (χ3n) is 5.98. The highest BCUT2D eigenvalue weighted by Crippen LogP contribution is 2.41. The summed E-state index contributed by atoms with van der Waals surface area (Å²) in [4.78, 5) is 20.2. The minimum absolute atomic E-state index is 0.399. The molecular weight excluding hydrogens is 398 g/mol. The van der Waals surface area contributed by atoms with Gasteiger partial charge in [0.25, 0.3) is 0 Å². The molecule has 2 amide bonds. The number of carbonyl (C=O) groups excluding carboxylic acids is 1. The van der Waals surface area contributed by atoms with Gasteiger partial charge in [0.2, 0.25) is 0 Å². The molecule has 2 aromatic rings. The van der Waals surface area contributed by atoms with Crippen LogP contribution in [0.2, 0.25) is 0 Å². The molecule has 1 aromatic heterocycles. The van der Waals surface area contributed by atoms with E-state index in [-0.39, 0.29) is 0 Å². The standard InChI is InChI=1S/C22H31N5O2S/c1-14-7-12-18-20(14)24-19-6-4-5-17(19)21(18)25-22(28)26-30(23,29)16-10-8-15(9-11-16)13-27(2)3/h8-11,14,30H,4-7,12-13H2,1-3H3,(H4,23,24,25,26,28,29). The fraction of sp³-hybridized carbons (Fsp3) is 0.455. The van der Waals surface area contributed by atoms with Crippen LogP contribution in [0.15, 0.2) is 29.2 Å². The highest BCUT2D eigenvalue weighted by Gasteiger charge is 2.30. The van der Waals surface area contributed by atoms with E-state index in [0.717, 1.165) is 72.4 Å². The third-order valence-corrected chi connectivity index (χ3v) is 7.58. The van der Waals surface area contributed by atoms with Crippen LogP contribution in [-0.4, -0.2) is 34.2 Å². The second-order valence-corrected chi connectivity index (χ2v) is 10.8. The van der Waals surface area contributed by atoms with Gasteiger partial charge in [-0.3, -0.25) is 14.8 Å². The summed E-state index contributed by atoms with van der Waals surface area (Å²) in [6, 6.07) is 6.70. The summed E-state index contributed by atoms with van der Waals surface area (Å²) < 4.78 is 15.6. The molecule has 0 saturated heterocycles. The van der Waals surface area contributed by atoms with Crippen molar-refractivity contribution in [1.29, 1.82) is 0 Å². The van der Waals surface area contributed by atoms with E-state index in [0.29, 0.717) is 10.8 Å². The molecule has 7 nitrogen and oxygen atoms in total. The summed E-state index contributed by atoms with van der Waals surface area (Å²) in [7, 11) is 0.439. The molecule has 2 aliphatic carbocycles. The summed E-state index contributed by atoms with van der Waals surface area (Å²) in [5, 5.41) is 9.03. The molecule has 1 atom stereocenters. The highest BCUT2D eigenvalue weighted by atomic mass is 32.3.